The zero-order valence-corrected chi connectivity index (χ0v) is 13.5. The molecule has 0 atom stereocenters. The van der Waals surface area contributed by atoms with Crippen molar-refractivity contribution in [3.63, 3.8) is 0 Å². The standard InChI is InChI=1S/C7H5IN2O.C7H6N2O/c1-4-5(2-9)7(11)10-3-6(4)8;1-5-2-3-9-7(10)6(5)4-8/h3H,1H3,(H,10,11);2-3H,1H3,(H,9,10). The fourth-order valence-corrected chi connectivity index (χ4v) is 1.87. The van der Waals surface area contributed by atoms with E-state index in [0.29, 0.717) is 5.56 Å². The number of H-pyrrole nitrogens is 2. The van der Waals surface area contributed by atoms with Crippen molar-refractivity contribution in [1.29, 1.82) is 10.5 Å². The molecule has 0 unspecified atom stereocenters. The van der Waals surface area contributed by atoms with Crippen LogP contribution in [-0.2, 0) is 0 Å². The van der Waals surface area contributed by atoms with Gasteiger partial charge in [0.1, 0.15) is 23.3 Å². The van der Waals surface area contributed by atoms with Gasteiger partial charge in [-0.1, -0.05) is 0 Å². The minimum absolute atomic E-state index is 0.197. The Hall–Kier alpha value is -2.39. The maximum atomic E-state index is 10.9. The number of nitriles is 2. The summed E-state index contributed by atoms with van der Waals surface area (Å²) < 4.78 is 0.902. The zero-order valence-electron chi connectivity index (χ0n) is 11.3. The second-order valence-electron chi connectivity index (χ2n) is 4.05. The topological polar surface area (TPSA) is 113 Å². The number of nitrogens with one attached hydrogen (secondary N) is 2. The Bertz CT molecular complexity index is 853. The largest absolute Gasteiger partial charge is 0.328 e. The molecule has 0 spiro atoms. The van der Waals surface area contributed by atoms with Crippen molar-refractivity contribution in [2.75, 3.05) is 0 Å². The minimum atomic E-state index is -0.317. The van der Waals surface area contributed by atoms with Crippen LogP contribution in [0.5, 0.6) is 0 Å². The number of pyridine rings is 2. The molecule has 2 N–H and O–H groups in total. The molecule has 0 aliphatic rings. The maximum absolute atomic E-state index is 10.9. The molecule has 106 valence electrons. The Balaban J connectivity index is 0.000000211. The first-order chi connectivity index (χ1) is 9.92. The van der Waals surface area contributed by atoms with Gasteiger partial charge in [-0.25, -0.2) is 0 Å². The van der Waals surface area contributed by atoms with E-state index in [4.69, 9.17) is 10.5 Å². The molecule has 2 aromatic heterocycles. The third kappa shape index (κ3) is 4.04. The quantitative estimate of drug-likeness (QED) is 0.663. The van der Waals surface area contributed by atoms with E-state index < -0.39 is 0 Å². The number of rotatable bonds is 0. The highest BCUT2D eigenvalue weighted by Crippen LogP contribution is 2.09. The van der Waals surface area contributed by atoms with Gasteiger partial charge >= 0.3 is 0 Å². The van der Waals surface area contributed by atoms with Crippen LogP contribution in [0.1, 0.15) is 22.3 Å². The normalized spacial score (nSPS) is 9.00. The van der Waals surface area contributed by atoms with Crippen molar-refractivity contribution in [1.82, 2.24) is 9.97 Å². The molecule has 0 aliphatic carbocycles. The van der Waals surface area contributed by atoms with Crippen LogP contribution in [0.2, 0.25) is 0 Å². The molecule has 0 saturated heterocycles. The molecule has 0 radical (unpaired) electrons. The summed E-state index contributed by atoms with van der Waals surface area (Å²) in [6, 6.07) is 5.37. The van der Waals surface area contributed by atoms with Gasteiger partial charge in [-0.3, -0.25) is 9.59 Å². The number of aromatic amines is 2. The minimum Gasteiger partial charge on any atom is -0.328 e. The predicted octanol–water partition coefficient (Wildman–Crippen LogP) is 1.71. The molecule has 6 nitrogen and oxygen atoms in total. The van der Waals surface area contributed by atoms with Gasteiger partial charge in [0.15, 0.2) is 0 Å². The fraction of sp³-hybridized carbons (Fsp3) is 0.143. The lowest BCUT2D eigenvalue weighted by atomic mass is 10.2. The lowest BCUT2D eigenvalue weighted by molar-refractivity contribution is 1.16. The van der Waals surface area contributed by atoms with Crippen LogP contribution in [0.15, 0.2) is 28.0 Å². The van der Waals surface area contributed by atoms with Crippen LogP contribution in [0.3, 0.4) is 0 Å². The van der Waals surface area contributed by atoms with Gasteiger partial charge in [-0.15, -0.1) is 0 Å². The highest BCUT2D eigenvalue weighted by molar-refractivity contribution is 14.1. The average Bonchev–Trinajstić information content (AvgIpc) is 2.45. The zero-order chi connectivity index (χ0) is 16.0. The van der Waals surface area contributed by atoms with Crippen molar-refractivity contribution < 1.29 is 0 Å². The summed E-state index contributed by atoms with van der Waals surface area (Å²) >= 11 is 2.07. The lowest BCUT2D eigenvalue weighted by Gasteiger charge is -1.96. The maximum Gasteiger partial charge on any atom is 0.266 e. The average molecular weight is 394 g/mol. The van der Waals surface area contributed by atoms with Crippen molar-refractivity contribution in [3.8, 4) is 12.1 Å². The molecule has 2 heterocycles. The molecule has 0 fully saturated rings. The van der Waals surface area contributed by atoms with Gasteiger partial charge in [-0.2, -0.15) is 10.5 Å². The Labute approximate surface area is 134 Å². The number of hydrogen-bond acceptors (Lipinski definition) is 4. The molecular weight excluding hydrogens is 383 g/mol. The molecule has 0 aromatic carbocycles. The number of halogens is 1. The molecule has 0 bridgehead atoms. The van der Waals surface area contributed by atoms with Crippen molar-refractivity contribution in [2.24, 2.45) is 0 Å². The van der Waals surface area contributed by atoms with Crippen molar-refractivity contribution in [3.05, 3.63) is 65.0 Å². The predicted molar refractivity (Wildman–Crippen MR) is 85.7 cm³/mol. The second-order valence-corrected chi connectivity index (χ2v) is 5.22. The van der Waals surface area contributed by atoms with Crippen molar-refractivity contribution in [2.45, 2.75) is 13.8 Å². The Morgan fingerprint density at radius 1 is 1.05 bits per heavy atom. The van der Waals surface area contributed by atoms with Crippen molar-refractivity contribution >= 4 is 22.6 Å². The molecule has 0 aliphatic heterocycles. The van der Waals surface area contributed by atoms with Gasteiger partial charge in [0.25, 0.3) is 11.1 Å². The third-order valence-electron chi connectivity index (χ3n) is 2.68. The van der Waals surface area contributed by atoms with E-state index >= 15 is 0 Å². The summed E-state index contributed by atoms with van der Waals surface area (Å²) in [6.07, 6.45) is 3.12. The van der Waals surface area contributed by atoms with E-state index in [-0.39, 0.29) is 22.2 Å². The van der Waals surface area contributed by atoms with Crippen LogP contribution in [0.25, 0.3) is 0 Å². The highest BCUT2D eigenvalue weighted by atomic mass is 127. The van der Waals surface area contributed by atoms with Crippen LogP contribution in [-0.4, -0.2) is 9.97 Å². The first-order valence-electron chi connectivity index (χ1n) is 5.78. The van der Waals surface area contributed by atoms with Gasteiger partial charge in [0, 0.05) is 16.0 Å². The van der Waals surface area contributed by atoms with Crippen LogP contribution >= 0.6 is 22.6 Å². The Morgan fingerprint density at radius 2 is 1.62 bits per heavy atom. The Morgan fingerprint density at radius 3 is 2.05 bits per heavy atom. The first-order valence-corrected chi connectivity index (χ1v) is 6.86. The SMILES string of the molecule is Cc1c(I)c[nH]c(=O)c1C#N.Cc1cc[nH]c(=O)c1C#N. The van der Waals surface area contributed by atoms with Crippen LogP contribution in [0, 0.1) is 40.1 Å². The van der Waals surface area contributed by atoms with E-state index in [0.717, 1.165) is 9.13 Å². The van der Waals surface area contributed by atoms with E-state index in [1.165, 1.54) is 6.20 Å². The van der Waals surface area contributed by atoms with Gasteiger partial charge < -0.3 is 9.97 Å². The Kier molecular flexibility index (Phi) is 5.88. The number of aromatic nitrogens is 2. The molecule has 0 saturated carbocycles. The van der Waals surface area contributed by atoms with Gasteiger partial charge in [-0.05, 0) is 53.6 Å². The number of nitrogens with zero attached hydrogens (tertiary/aromatic N) is 2. The highest BCUT2D eigenvalue weighted by Gasteiger charge is 2.04. The fourth-order valence-electron chi connectivity index (χ4n) is 1.45. The summed E-state index contributed by atoms with van der Waals surface area (Å²) in [5.41, 5.74) is 1.23. The molecule has 2 rings (SSSR count). The summed E-state index contributed by atoms with van der Waals surface area (Å²) in [6.45, 7) is 3.49. The third-order valence-corrected chi connectivity index (χ3v) is 3.80. The second kappa shape index (κ2) is 7.41. The molecule has 21 heavy (non-hydrogen) atoms. The summed E-state index contributed by atoms with van der Waals surface area (Å²) in [5.74, 6) is 0. The van der Waals surface area contributed by atoms with Crippen LogP contribution < -0.4 is 11.1 Å². The summed E-state index contributed by atoms with van der Waals surface area (Å²) in [4.78, 5) is 26.6. The van der Waals surface area contributed by atoms with E-state index in [2.05, 4.69) is 32.6 Å². The monoisotopic (exact) mass is 394 g/mol. The number of hydrogen-bond donors (Lipinski definition) is 2. The van der Waals surface area contributed by atoms with Gasteiger partial charge in [0.2, 0.25) is 0 Å². The first kappa shape index (κ1) is 16.7. The summed E-state index contributed by atoms with van der Waals surface area (Å²) in [7, 11) is 0. The van der Waals surface area contributed by atoms with E-state index in [1.54, 1.807) is 26.1 Å². The lowest BCUT2D eigenvalue weighted by Crippen LogP contribution is -2.12. The molecule has 7 heteroatoms. The van der Waals surface area contributed by atoms with E-state index in [9.17, 15) is 9.59 Å². The number of aryl methyl sites for hydroxylation is 1. The van der Waals surface area contributed by atoms with Crippen LogP contribution in [0.4, 0.5) is 0 Å². The molecule has 0 amide bonds. The molecule has 2 aromatic rings. The smallest absolute Gasteiger partial charge is 0.266 e. The van der Waals surface area contributed by atoms with E-state index in [1.807, 2.05) is 12.1 Å². The summed E-state index contributed by atoms with van der Waals surface area (Å²) in [5, 5.41) is 17.0. The molecular formula is C14H11IN4O2. The van der Waals surface area contributed by atoms with Gasteiger partial charge in [0.05, 0.1) is 0 Å².